The van der Waals surface area contributed by atoms with Gasteiger partial charge in [-0.2, -0.15) is 0 Å². The summed E-state index contributed by atoms with van der Waals surface area (Å²) < 4.78 is 4.74. The highest BCUT2D eigenvalue weighted by Gasteiger charge is 2.39. The maximum absolute atomic E-state index is 12.2. The second kappa shape index (κ2) is 7.45. The van der Waals surface area contributed by atoms with Crippen LogP contribution >= 0.6 is 12.4 Å². The Hall–Kier alpha value is -0.810. The molecule has 1 saturated heterocycles. The first kappa shape index (κ1) is 18.2. The van der Waals surface area contributed by atoms with E-state index in [-0.39, 0.29) is 30.3 Å². The predicted octanol–water partition coefficient (Wildman–Crippen LogP) is 1.64. The van der Waals surface area contributed by atoms with Crippen LogP contribution in [0.4, 0.5) is 0 Å². The molecular weight excluding hydrogens is 292 g/mol. The van der Waals surface area contributed by atoms with Crippen molar-refractivity contribution in [3.8, 4) is 0 Å². The fourth-order valence-corrected chi connectivity index (χ4v) is 3.30. The highest BCUT2D eigenvalue weighted by atomic mass is 35.5. The zero-order chi connectivity index (χ0) is 14.8. The molecule has 1 aliphatic heterocycles. The van der Waals surface area contributed by atoms with Gasteiger partial charge in [-0.25, -0.2) is 0 Å². The molecule has 1 saturated carbocycles. The Morgan fingerprint density at radius 1 is 1.29 bits per heavy atom. The number of carbonyl (C=O) groups is 2. The minimum atomic E-state index is -0.685. The largest absolute Gasteiger partial charge is 0.469 e. The normalized spacial score (nSPS) is 28.2. The van der Waals surface area contributed by atoms with E-state index in [2.05, 4.69) is 10.6 Å². The van der Waals surface area contributed by atoms with Gasteiger partial charge in [0.15, 0.2) is 0 Å². The summed E-state index contributed by atoms with van der Waals surface area (Å²) in [6, 6.07) is 0.407. The van der Waals surface area contributed by atoms with Gasteiger partial charge in [-0.05, 0) is 39.0 Å². The average Bonchev–Trinajstić information content (AvgIpc) is 2.87. The first-order valence-corrected chi connectivity index (χ1v) is 7.56. The Morgan fingerprint density at radius 2 is 1.95 bits per heavy atom. The molecule has 2 fully saturated rings. The van der Waals surface area contributed by atoms with Crippen LogP contribution in [0.5, 0.6) is 0 Å². The van der Waals surface area contributed by atoms with E-state index in [0.717, 1.165) is 6.42 Å². The molecule has 1 aliphatic carbocycles. The zero-order valence-electron chi connectivity index (χ0n) is 13.1. The van der Waals surface area contributed by atoms with Crippen molar-refractivity contribution in [2.24, 2.45) is 11.3 Å². The number of fused-ring (bicyclic) bond motifs is 1. The van der Waals surface area contributed by atoms with Crippen LogP contribution in [-0.2, 0) is 14.3 Å². The summed E-state index contributed by atoms with van der Waals surface area (Å²) >= 11 is 0. The lowest BCUT2D eigenvalue weighted by atomic mass is 9.85. The van der Waals surface area contributed by atoms with E-state index in [1.807, 2.05) is 0 Å². The van der Waals surface area contributed by atoms with E-state index in [1.54, 1.807) is 13.8 Å². The number of nitrogens with one attached hydrogen (secondary N) is 2. The molecule has 2 aliphatic rings. The van der Waals surface area contributed by atoms with Crippen molar-refractivity contribution in [3.63, 3.8) is 0 Å². The number of rotatable bonds is 4. The summed E-state index contributed by atoms with van der Waals surface area (Å²) in [6.45, 7) is 3.87. The minimum Gasteiger partial charge on any atom is -0.469 e. The zero-order valence-corrected chi connectivity index (χ0v) is 13.9. The highest BCUT2D eigenvalue weighted by molar-refractivity contribution is 5.85. The van der Waals surface area contributed by atoms with Crippen molar-refractivity contribution in [2.45, 2.75) is 58.0 Å². The molecule has 2 N–H and O–H groups in total. The standard InChI is InChI=1S/C15H26N2O3.ClH/c1-15(2,14(19)20-3)9-16-13(18)12-8-10-6-4-5-7-11(10)17-12;/h10-12,17H,4-9H2,1-3H3,(H,16,18);1H. The molecule has 6 heteroatoms. The molecule has 0 aromatic heterocycles. The molecule has 122 valence electrons. The lowest BCUT2D eigenvalue weighted by Gasteiger charge is -2.24. The number of carbonyl (C=O) groups excluding carboxylic acids is 2. The Morgan fingerprint density at radius 3 is 2.57 bits per heavy atom. The van der Waals surface area contributed by atoms with Gasteiger partial charge >= 0.3 is 5.97 Å². The highest BCUT2D eigenvalue weighted by Crippen LogP contribution is 2.33. The number of hydrogen-bond acceptors (Lipinski definition) is 4. The number of methoxy groups -OCH3 is 1. The molecule has 1 heterocycles. The molecule has 21 heavy (non-hydrogen) atoms. The molecule has 0 radical (unpaired) electrons. The summed E-state index contributed by atoms with van der Waals surface area (Å²) in [7, 11) is 1.37. The fraction of sp³-hybridized carbons (Fsp3) is 0.867. The van der Waals surface area contributed by atoms with Crippen molar-refractivity contribution in [2.75, 3.05) is 13.7 Å². The van der Waals surface area contributed by atoms with E-state index in [9.17, 15) is 9.59 Å². The molecule has 1 amide bonds. The third-order valence-electron chi connectivity index (χ3n) is 4.62. The SMILES string of the molecule is COC(=O)C(C)(C)CNC(=O)C1CC2CCCCC2N1.Cl. The van der Waals surface area contributed by atoms with E-state index in [0.29, 0.717) is 18.5 Å². The van der Waals surface area contributed by atoms with Crippen LogP contribution in [-0.4, -0.2) is 37.6 Å². The van der Waals surface area contributed by atoms with Crippen LogP contribution in [0, 0.1) is 11.3 Å². The quantitative estimate of drug-likeness (QED) is 0.773. The molecule has 0 spiro atoms. The van der Waals surface area contributed by atoms with Crippen molar-refractivity contribution in [1.82, 2.24) is 10.6 Å². The monoisotopic (exact) mass is 318 g/mol. The van der Waals surface area contributed by atoms with Crippen LogP contribution in [0.2, 0.25) is 0 Å². The molecule has 0 aromatic rings. The van der Waals surface area contributed by atoms with Crippen LogP contribution in [0.15, 0.2) is 0 Å². The van der Waals surface area contributed by atoms with Gasteiger partial charge in [0, 0.05) is 12.6 Å². The van der Waals surface area contributed by atoms with E-state index in [4.69, 9.17) is 4.74 Å². The number of hydrogen-bond donors (Lipinski definition) is 2. The van der Waals surface area contributed by atoms with Crippen molar-refractivity contribution in [1.29, 1.82) is 0 Å². The van der Waals surface area contributed by atoms with Crippen LogP contribution in [0.3, 0.4) is 0 Å². The molecule has 5 nitrogen and oxygen atoms in total. The van der Waals surface area contributed by atoms with Gasteiger partial charge in [0.2, 0.25) is 5.91 Å². The van der Waals surface area contributed by atoms with Crippen molar-refractivity contribution >= 4 is 24.3 Å². The fourth-order valence-electron chi connectivity index (χ4n) is 3.30. The smallest absolute Gasteiger partial charge is 0.313 e. The topological polar surface area (TPSA) is 67.4 Å². The lowest BCUT2D eigenvalue weighted by Crippen LogP contribution is -2.47. The third kappa shape index (κ3) is 4.33. The van der Waals surface area contributed by atoms with Crippen LogP contribution < -0.4 is 10.6 Å². The van der Waals surface area contributed by atoms with Gasteiger partial charge in [-0.3, -0.25) is 9.59 Å². The molecule has 0 bridgehead atoms. The Labute approximate surface area is 133 Å². The molecular formula is C15H27ClN2O3. The average molecular weight is 319 g/mol. The second-order valence-electron chi connectivity index (χ2n) is 6.70. The van der Waals surface area contributed by atoms with E-state index >= 15 is 0 Å². The molecule has 3 atom stereocenters. The van der Waals surface area contributed by atoms with E-state index in [1.165, 1.54) is 32.8 Å². The lowest BCUT2D eigenvalue weighted by molar-refractivity contribution is -0.150. The van der Waals surface area contributed by atoms with E-state index < -0.39 is 5.41 Å². The molecule has 0 aromatic carbocycles. The summed E-state index contributed by atoms with van der Waals surface area (Å²) in [5.41, 5.74) is -0.685. The summed E-state index contributed by atoms with van der Waals surface area (Å²) in [4.78, 5) is 23.8. The van der Waals surface area contributed by atoms with Crippen molar-refractivity contribution in [3.05, 3.63) is 0 Å². The summed E-state index contributed by atoms with van der Waals surface area (Å²) in [5.74, 6) is 0.357. The van der Waals surface area contributed by atoms with Gasteiger partial charge in [0.25, 0.3) is 0 Å². The van der Waals surface area contributed by atoms with Gasteiger partial charge in [0.1, 0.15) is 0 Å². The van der Waals surface area contributed by atoms with Crippen LogP contribution in [0.25, 0.3) is 0 Å². The summed E-state index contributed by atoms with van der Waals surface area (Å²) in [5, 5.41) is 6.33. The second-order valence-corrected chi connectivity index (χ2v) is 6.70. The van der Waals surface area contributed by atoms with Gasteiger partial charge in [-0.15, -0.1) is 12.4 Å². The number of ether oxygens (including phenoxy) is 1. The van der Waals surface area contributed by atoms with Gasteiger partial charge < -0.3 is 15.4 Å². The number of amides is 1. The maximum Gasteiger partial charge on any atom is 0.313 e. The Kier molecular flexibility index (Phi) is 6.47. The molecule has 2 rings (SSSR count). The van der Waals surface area contributed by atoms with Crippen molar-refractivity contribution < 1.29 is 14.3 Å². The molecule has 3 unspecified atom stereocenters. The first-order valence-electron chi connectivity index (χ1n) is 7.56. The first-order chi connectivity index (χ1) is 9.44. The third-order valence-corrected chi connectivity index (χ3v) is 4.62. The van der Waals surface area contributed by atoms with Crippen LogP contribution in [0.1, 0.15) is 46.0 Å². The van der Waals surface area contributed by atoms with Gasteiger partial charge in [-0.1, -0.05) is 12.8 Å². The summed E-state index contributed by atoms with van der Waals surface area (Å²) in [6.07, 6.45) is 5.89. The number of esters is 1. The Balaban J connectivity index is 0.00000220. The maximum atomic E-state index is 12.2. The predicted molar refractivity (Wildman–Crippen MR) is 83.3 cm³/mol. The van der Waals surface area contributed by atoms with Gasteiger partial charge in [0.05, 0.1) is 18.6 Å². The Bertz CT molecular complexity index is 373. The number of halogens is 1. The minimum absolute atomic E-state index is 0.